The normalized spacial score (nSPS) is 68.3. The maximum absolute atomic E-state index is 13.3. The number of fused-ring (bicyclic) bond motifs is 6. The molecule has 4 heteroatoms. The van der Waals surface area contributed by atoms with Crippen LogP contribution in [0.1, 0.15) is 34.1 Å². The summed E-state index contributed by atoms with van der Waals surface area (Å²) < 4.78 is 12.3. The van der Waals surface area contributed by atoms with E-state index >= 15 is 0 Å². The topological polar surface area (TPSA) is 52.6 Å². The van der Waals surface area contributed by atoms with Crippen molar-refractivity contribution >= 4 is 11.8 Å². The second-order valence-corrected chi connectivity index (χ2v) is 9.19. The van der Waals surface area contributed by atoms with Crippen molar-refractivity contribution in [1.29, 1.82) is 0 Å². The third-order valence-electron chi connectivity index (χ3n) is 8.89. The standard InChI is InChI=1S/C19H22O4/c1-5-7-11-12(22-16(7)21)14-17(2)10-8-6-9(8)13(17)18(3,15(10)20)19(14,4)23-11/h5,8-14H,6H2,1-4H3/b7-5+/t8?,9?,10?,11-,12+,13?,14-,17?,18?,19-/m1/s1. The van der Waals surface area contributed by atoms with Crippen LogP contribution < -0.4 is 0 Å². The smallest absolute Gasteiger partial charge is 0.336 e. The van der Waals surface area contributed by atoms with Gasteiger partial charge >= 0.3 is 5.97 Å². The Morgan fingerprint density at radius 2 is 1.87 bits per heavy atom. The van der Waals surface area contributed by atoms with E-state index in [1.165, 1.54) is 6.42 Å². The van der Waals surface area contributed by atoms with Crippen LogP contribution in [-0.2, 0) is 19.1 Å². The van der Waals surface area contributed by atoms with Gasteiger partial charge in [0.2, 0.25) is 0 Å². The lowest BCUT2D eigenvalue weighted by Crippen LogP contribution is -2.58. The zero-order valence-electron chi connectivity index (χ0n) is 14.0. The molecule has 4 saturated carbocycles. The van der Waals surface area contributed by atoms with E-state index in [2.05, 4.69) is 20.8 Å². The Bertz CT molecular complexity index is 740. The van der Waals surface area contributed by atoms with Crippen molar-refractivity contribution in [3.05, 3.63) is 11.6 Å². The molecule has 2 heterocycles. The summed E-state index contributed by atoms with van der Waals surface area (Å²) in [6.45, 7) is 8.42. The van der Waals surface area contributed by atoms with Crippen LogP contribution >= 0.6 is 0 Å². The van der Waals surface area contributed by atoms with Gasteiger partial charge in [0.1, 0.15) is 18.0 Å². The van der Waals surface area contributed by atoms with Gasteiger partial charge in [0.15, 0.2) is 0 Å². The van der Waals surface area contributed by atoms with Crippen LogP contribution in [0, 0.1) is 40.4 Å². The van der Waals surface area contributed by atoms with E-state index in [1.54, 1.807) is 0 Å². The van der Waals surface area contributed by atoms with E-state index in [4.69, 9.17) is 9.47 Å². The molecule has 0 aromatic carbocycles. The highest BCUT2D eigenvalue weighted by Crippen LogP contribution is 2.88. The molecule has 4 bridgehead atoms. The van der Waals surface area contributed by atoms with Crippen LogP contribution in [-0.4, -0.2) is 29.6 Å². The number of rotatable bonds is 0. The Hall–Kier alpha value is -1.16. The lowest BCUT2D eigenvalue weighted by molar-refractivity contribution is -0.166. The number of Topliss-reactive ketones (excluding diaryl/α,β-unsaturated/α-hetero) is 1. The molecule has 6 aliphatic rings. The first kappa shape index (κ1) is 13.2. The van der Waals surface area contributed by atoms with Crippen LogP contribution in [0.4, 0.5) is 0 Å². The van der Waals surface area contributed by atoms with E-state index in [9.17, 15) is 9.59 Å². The maximum Gasteiger partial charge on any atom is 0.336 e. The highest BCUT2D eigenvalue weighted by Gasteiger charge is 2.93. The minimum atomic E-state index is -0.502. The average Bonchev–Trinajstić information content (AvgIpc) is 2.87. The van der Waals surface area contributed by atoms with Gasteiger partial charge in [-0.05, 0) is 50.4 Å². The zero-order chi connectivity index (χ0) is 16.1. The fourth-order valence-electron chi connectivity index (χ4n) is 8.31. The highest BCUT2D eigenvalue weighted by molar-refractivity contribution is 5.97. The quantitative estimate of drug-likeness (QED) is 0.508. The third-order valence-corrected chi connectivity index (χ3v) is 8.89. The summed E-state index contributed by atoms with van der Waals surface area (Å²) in [6.07, 6.45) is 2.53. The molecule has 0 spiro atoms. The summed E-state index contributed by atoms with van der Waals surface area (Å²) in [5, 5.41) is 0. The van der Waals surface area contributed by atoms with Gasteiger partial charge in [-0.15, -0.1) is 0 Å². The molecular formula is C19H22O4. The molecule has 6 rings (SSSR count). The molecule has 6 unspecified atom stereocenters. The molecule has 2 saturated heterocycles. The van der Waals surface area contributed by atoms with Crippen molar-refractivity contribution in [3.63, 3.8) is 0 Å². The minimum absolute atomic E-state index is 0.0585. The monoisotopic (exact) mass is 314 g/mol. The van der Waals surface area contributed by atoms with Gasteiger partial charge in [0, 0.05) is 11.8 Å². The first-order valence-electron chi connectivity index (χ1n) is 8.91. The van der Waals surface area contributed by atoms with Crippen LogP contribution in [0.2, 0.25) is 0 Å². The van der Waals surface area contributed by atoms with E-state index in [0.29, 0.717) is 29.1 Å². The molecule has 0 aromatic heterocycles. The molecule has 0 radical (unpaired) electrons. The molecule has 0 aromatic rings. The van der Waals surface area contributed by atoms with Crippen LogP contribution in [0.3, 0.4) is 0 Å². The predicted molar refractivity (Wildman–Crippen MR) is 80.2 cm³/mol. The van der Waals surface area contributed by atoms with Gasteiger partial charge in [-0.3, -0.25) is 4.79 Å². The Balaban J connectivity index is 1.58. The van der Waals surface area contributed by atoms with Gasteiger partial charge in [-0.25, -0.2) is 4.79 Å². The second-order valence-electron chi connectivity index (χ2n) is 9.19. The van der Waals surface area contributed by atoms with E-state index in [1.807, 2.05) is 13.0 Å². The second kappa shape index (κ2) is 3.17. The van der Waals surface area contributed by atoms with Crippen molar-refractivity contribution in [1.82, 2.24) is 0 Å². The highest BCUT2D eigenvalue weighted by atomic mass is 16.6. The molecule has 0 N–H and O–H groups in total. The third kappa shape index (κ3) is 0.937. The zero-order valence-corrected chi connectivity index (χ0v) is 14.0. The molecule has 4 aliphatic carbocycles. The molecule has 6 fully saturated rings. The van der Waals surface area contributed by atoms with Crippen molar-refractivity contribution in [2.24, 2.45) is 40.4 Å². The lowest BCUT2D eigenvalue weighted by Gasteiger charge is -2.47. The molecule has 2 aliphatic heterocycles. The summed E-state index contributed by atoms with van der Waals surface area (Å²) in [7, 11) is 0. The molecule has 10 atom stereocenters. The summed E-state index contributed by atoms with van der Waals surface area (Å²) >= 11 is 0. The van der Waals surface area contributed by atoms with Gasteiger partial charge < -0.3 is 9.47 Å². The number of ether oxygens (including phenoxy) is 2. The van der Waals surface area contributed by atoms with E-state index < -0.39 is 11.0 Å². The maximum atomic E-state index is 13.3. The number of allylic oxidation sites excluding steroid dienone is 1. The number of carbonyl (C=O) groups is 2. The summed E-state index contributed by atoms with van der Waals surface area (Å²) in [4.78, 5) is 25.5. The summed E-state index contributed by atoms with van der Waals surface area (Å²) in [6, 6.07) is 0. The fourth-order valence-corrected chi connectivity index (χ4v) is 8.31. The fraction of sp³-hybridized carbons (Fsp3) is 0.789. The predicted octanol–water partition coefficient (Wildman–Crippen LogP) is 2.12. The molecule has 4 nitrogen and oxygen atoms in total. The van der Waals surface area contributed by atoms with E-state index in [0.717, 1.165) is 0 Å². The molecule has 122 valence electrons. The Labute approximate surface area is 135 Å². The number of hydrogen-bond donors (Lipinski definition) is 0. The van der Waals surface area contributed by atoms with Crippen molar-refractivity contribution in [2.45, 2.75) is 51.9 Å². The summed E-state index contributed by atoms with van der Waals surface area (Å²) in [5.74, 6) is 2.19. The van der Waals surface area contributed by atoms with Gasteiger partial charge in [-0.2, -0.15) is 0 Å². The number of esters is 1. The number of ketones is 1. The van der Waals surface area contributed by atoms with Crippen molar-refractivity contribution in [3.8, 4) is 0 Å². The van der Waals surface area contributed by atoms with E-state index in [-0.39, 0.29) is 35.4 Å². The Kier molecular flexibility index (Phi) is 1.82. The number of carbonyl (C=O) groups excluding carboxylic acids is 2. The SMILES string of the molecule is C/C=C1/C(=O)O[C@H]2[C@@H]1O[C@]1(C)[C@H]2C2(C)C3C(=O)C1(C)C2C1CC13. The van der Waals surface area contributed by atoms with Crippen molar-refractivity contribution < 1.29 is 19.1 Å². The van der Waals surface area contributed by atoms with Crippen molar-refractivity contribution in [2.75, 3.05) is 0 Å². The Morgan fingerprint density at radius 3 is 2.57 bits per heavy atom. The molecule has 23 heavy (non-hydrogen) atoms. The average molecular weight is 314 g/mol. The molecular weight excluding hydrogens is 292 g/mol. The van der Waals surface area contributed by atoms with Gasteiger partial charge in [0.25, 0.3) is 0 Å². The Morgan fingerprint density at radius 1 is 1.13 bits per heavy atom. The lowest BCUT2D eigenvalue weighted by atomic mass is 9.58. The minimum Gasteiger partial charge on any atom is -0.455 e. The number of hydrogen-bond acceptors (Lipinski definition) is 4. The first-order valence-corrected chi connectivity index (χ1v) is 8.91. The van der Waals surface area contributed by atoms with Crippen LogP contribution in [0.15, 0.2) is 11.6 Å². The summed E-state index contributed by atoms with van der Waals surface area (Å²) in [5.41, 5.74) is -0.332. The largest absolute Gasteiger partial charge is 0.455 e. The van der Waals surface area contributed by atoms with Crippen LogP contribution in [0.5, 0.6) is 0 Å². The van der Waals surface area contributed by atoms with Gasteiger partial charge in [-0.1, -0.05) is 13.0 Å². The van der Waals surface area contributed by atoms with Gasteiger partial charge in [0.05, 0.1) is 16.6 Å². The molecule has 0 amide bonds. The first-order chi connectivity index (χ1) is 10.8. The van der Waals surface area contributed by atoms with Crippen LogP contribution in [0.25, 0.3) is 0 Å².